The first-order valence-corrected chi connectivity index (χ1v) is 6.60. The molecule has 0 radical (unpaired) electrons. The van der Waals surface area contributed by atoms with Crippen LogP contribution in [0, 0.1) is 11.8 Å². The summed E-state index contributed by atoms with van der Waals surface area (Å²) < 4.78 is 1.93. The summed E-state index contributed by atoms with van der Waals surface area (Å²) >= 11 is 0. The van der Waals surface area contributed by atoms with Crippen molar-refractivity contribution in [2.75, 3.05) is 6.61 Å². The number of aliphatic hydroxyl groups excluding tert-OH is 2. The Balaban J connectivity index is 2.18. The number of hydrogen-bond acceptors (Lipinski definition) is 3. The standard InChI is InChI=1S/C16H18N2O2/c1-13(20)12-18-10-9-17-16(18)15-7-5-14(6-8-15)4-2-3-11-19/h5-10,13,19-20H,3,11-12H2,1H3/t13-/m1/s1. The highest BCUT2D eigenvalue weighted by molar-refractivity contribution is 5.57. The van der Waals surface area contributed by atoms with Gasteiger partial charge in [0.2, 0.25) is 0 Å². The van der Waals surface area contributed by atoms with Gasteiger partial charge in [-0.1, -0.05) is 24.0 Å². The lowest BCUT2D eigenvalue weighted by atomic mass is 10.1. The van der Waals surface area contributed by atoms with Crippen molar-refractivity contribution in [2.45, 2.75) is 26.0 Å². The zero-order valence-electron chi connectivity index (χ0n) is 11.5. The van der Waals surface area contributed by atoms with Crippen LogP contribution in [0.25, 0.3) is 11.4 Å². The van der Waals surface area contributed by atoms with Crippen molar-refractivity contribution < 1.29 is 10.2 Å². The number of aromatic nitrogens is 2. The minimum Gasteiger partial charge on any atom is -0.395 e. The van der Waals surface area contributed by atoms with E-state index in [2.05, 4.69) is 16.8 Å². The van der Waals surface area contributed by atoms with Gasteiger partial charge in [0.1, 0.15) is 5.82 Å². The van der Waals surface area contributed by atoms with Crippen molar-refractivity contribution in [3.63, 3.8) is 0 Å². The first-order chi connectivity index (χ1) is 9.70. The molecule has 0 saturated carbocycles. The van der Waals surface area contributed by atoms with Crippen LogP contribution in [0.15, 0.2) is 36.7 Å². The van der Waals surface area contributed by atoms with Gasteiger partial charge in [0, 0.05) is 36.5 Å². The highest BCUT2D eigenvalue weighted by Gasteiger charge is 2.07. The van der Waals surface area contributed by atoms with E-state index in [1.165, 1.54) is 0 Å². The molecule has 0 aliphatic rings. The summed E-state index contributed by atoms with van der Waals surface area (Å²) in [5, 5.41) is 18.2. The molecule has 104 valence electrons. The summed E-state index contributed by atoms with van der Waals surface area (Å²) in [6.07, 6.45) is 3.66. The molecule has 4 heteroatoms. The molecule has 2 aromatic rings. The van der Waals surface area contributed by atoms with Crippen LogP contribution in [0.5, 0.6) is 0 Å². The summed E-state index contributed by atoms with van der Waals surface area (Å²) in [7, 11) is 0. The van der Waals surface area contributed by atoms with E-state index >= 15 is 0 Å². The van der Waals surface area contributed by atoms with Crippen LogP contribution in [0.1, 0.15) is 18.9 Å². The predicted octanol–water partition coefficient (Wildman–Crippen LogP) is 1.66. The zero-order valence-corrected chi connectivity index (χ0v) is 11.5. The predicted molar refractivity (Wildman–Crippen MR) is 77.9 cm³/mol. The molecule has 20 heavy (non-hydrogen) atoms. The SMILES string of the molecule is C[C@@H](O)Cn1ccnc1-c1ccc(C#CCCO)cc1. The van der Waals surface area contributed by atoms with Gasteiger partial charge >= 0.3 is 0 Å². The Kier molecular flexibility index (Phi) is 4.94. The summed E-state index contributed by atoms with van der Waals surface area (Å²) in [6.45, 7) is 2.36. The van der Waals surface area contributed by atoms with Crippen LogP contribution in [-0.2, 0) is 6.54 Å². The second-order valence-electron chi connectivity index (χ2n) is 4.60. The van der Waals surface area contributed by atoms with Crippen molar-refractivity contribution in [1.82, 2.24) is 9.55 Å². The average molecular weight is 270 g/mol. The van der Waals surface area contributed by atoms with Crippen LogP contribution in [0.4, 0.5) is 0 Å². The van der Waals surface area contributed by atoms with Crippen LogP contribution in [-0.4, -0.2) is 32.5 Å². The number of nitrogens with zero attached hydrogens (tertiary/aromatic N) is 2. The molecular weight excluding hydrogens is 252 g/mol. The Labute approximate surface area is 118 Å². The van der Waals surface area contributed by atoms with Crippen molar-refractivity contribution >= 4 is 0 Å². The van der Waals surface area contributed by atoms with Gasteiger partial charge in [-0.15, -0.1) is 0 Å². The maximum Gasteiger partial charge on any atom is 0.139 e. The lowest BCUT2D eigenvalue weighted by Crippen LogP contribution is -2.11. The third-order valence-electron chi connectivity index (χ3n) is 2.79. The summed E-state index contributed by atoms with van der Waals surface area (Å²) in [5.74, 6) is 6.71. The number of aliphatic hydroxyl groups is 2. The van der Waals surface area contributed by atoms with Gasteiger partial charge in [-0.05, 0) is 19.1 Å². The minimum absolute atomic E-state index is 0.0852. The second-order valence-corrected chi connectivity index (χ2v) is 4.60. The van der Waals surface area contributed by atoms with E-state index in [1.807, 2.05) is 35.0 Å². The smallest absolute Gasteiger partial charge is 0.139 e. The van der Waals surface area contributed by atoms with E-state index in [0.717, 1.165) is 17.0 Å². The zero-order chi connectivity index (χ0) is 14.4. The van der Waals surface area contributed by atoms with Crippen molar-refractivity contribution in [1.29, 1.82) is 0 Å². The van der Waals surface area contributed by atoms with E-state index in [-0.39, 0.29) is 6.61 Å². The van der Waals surface area contributed by atoms with Crippen LogP contribution >= 0.6 is 0 Å². The fourth-order valence-corrected chi connectivity index (χ4v) is 1.92. The number of imidazole rings is 1. The van der Waals surface area contributed by atoms with Gasteiger partial charge in [0.25, 0.3) is 0 Å². The number of rotatable bonds is 4. The molecule has 0 unspecified atom stereocenters. The maximum absolute atomic E-state index is 9.47. The Bertz CT molecular complexity index is 603. The summed E-state index contributed by atoms with van der Waals surface area (Å²) in [4.78, 5) is 4.33. The summed E-state index contributed by atoms with van der Waals surface area (Å²) in [6, 6.07) is 7.79. The molecule has 0 spiro atoms. The lowest BCUT2D eigenvalue weighted by molar-refractivity contribution is 0.174. The third-order valence-corrected chi connectivity index (χ3v) is 2.79. The van der Waals surface area contributed by atoms with Crippen LogP contribution < -0.4 is 0 Å². The third kappa shape index (κ3) is 3.70. The monoisotopic (exact) mass is 270 g/mol. The second kappa shape index (κ2) is 6.90. The molecule has 1 aromatic heterocycles. The molecule has 0 saturated heterocycles. The minimum atomic E-state index is -0.411. The fraction of sp³-hybridized carbons (Fsp3) is 0.312. The van der Waals surface area contributed by atoms with Crippen molar-refractivity contribution in [3.05, 3.63) is 42.2 Å². The van der Waals surface area contributed by atoms with Gasteiger partial charge in [0.15, 0.2) is 0 Å². The van der Waals surface area contributed by atoms with Gasteiger partial charge in [-0.2, -0.15) is 0 Å². The molecule has 1 atom stereocenters. The average Bonchev–Trinajstić information content (AvgIpc) is 2.87. The van der Waals surface area contributed by atoms with Crippen LogP contribution in [0.3, 0.4) is 0 Å². The Hall–Kier alpha value is -2.09. The Morgan fingerprint density at radius 2 is 2.05 bits per heavy atom. The van der Waals surface area contributed by atoms with E-state index in [9.17, 15) is 5.11 Å². The largest absolute Gasteiger partial charge is 0.395 e. The molecule has 0 aliphatic heterocycles. The quantitative estimate of drug-likeness (QED) is 0.831. The van der Waals surface area contributed by atoms with Crippen molar-refractivity contribution in [3.8, 4) is 23.2 Å². The molecule has 1 heterocycles. The van der Waals surface area contributed by atoms with Gasteiger partial charge in [-0.25, -0.2) is 4.98 Å². The van der Waals surface area contributed by atoms with Crippen molar-refractivity contribution in [2.24, 2.45) is 0 Å². The highest BCUT2D eigenvalue weighted by Crippen LogP contribution is 2.18. The Morgan fingerprint density at radius 3 is 2.70 bits per heavy atom. The maximum atomic E-state index is 9.47. The first kappa shape index (κ1) is 14.3. The molecule has 1 aromatic carbocycles. The molecule has 0 bridgehead atoms. The van der Waals surface area contributed by atoms with E-state index in [0.29, 0.717) is 13.0 Å². The molecule has 0 aliphatic carbocycles. The lowest BCUT2D eigenvalue weighted by Gasteiger charge is -2.09. The van der Waals surface area contributed by atoms with Crippen LogP contribution in [0.2, 0.25) is 0 Å². The molecule has 0 fully saturated rings. The van der Waals surface area contributed by atoms with E-state index in [4.69, 9.17) is 5.11 Å². The van der Waals surface area contributed by atoms with E-state index in [1.54, 1.807) is 13.1 Å². The first-order valence-electron chi connectivity index (χ1n) is 6.60. The van der Waals surface area contributed by atoms with E-state index < -0.39 is 6.10 Å². The normalized spacial score (nSPS) is 11.8. The molecule has 2 N–H and O–H groups in total. The van der Waals surface area contributed by atoms with Gasteiger partial charge in [-0.3, -0.25) is 0 Å². The molecule has 2 rings (SSSR count). The molecular formula is C16H18N2O2. The molecule has 4 nitrogen and oxygen atoms in total. The summed E-state index contributed by atoms with van der Waals surface area (Å²) in [5.41, 5.74) is 1.90. The topological polar surface area (TPSA) is 58.3 Å². The molecule has 0 amide bonds. The number of benzene rings is 1. The number of hydrogen-bond donors (Lipinski definition) is 2. The fourth-order valence-electron chi connectivity index (χ4n) is 1.92. The Morgan fingerprint density at radius 1 is 1.30 bits per heavy atom. The highest BCUT2D eigenvalue weighted by atomic mass is 16.3. The van der Waals surface area contributed by atoms with Gasteiger partial charge in [0.05, 0.1) is 12.7 Å². The van der Waals surface area contributed by atoms with Gasteiger partial charge < -0.3 is 14.8 Å².